The SMILES string of the molecule is CS(=O)(=O)N1CCC(C2(CCn3ccnc3)CCN(C(=O)C(N)Cc3ccc(Cl)cc3)CC2)CC1. The molecule has 1 aromatic carbocycles. The predicted octanol–water partition coefficient (Wildman–Crippen LogP) is 2.78. The standard InChI is InChI=1S/C25H36ClN5O3S/c1-35(33,34)31-12-6-21(7-13-31)25(8-14-29-17-11-28-19-29)9-15-30(16-10-25)24(32)23(27)18-20-2-4-22(26)5-3-20/h2-5,11,17,19,21,23H,6-10,12-16,18,27H2,1H3. The summed E-state index contributed by atoms with van der Waals surface area (Å²) in [6.07, 6.45) is 11.9. The summed E-state index contributed by atoms with van der Waals surface area (Å²) < 4.78 is 27.7. The number of imidazole rings is 1. The van der Waals surface area contributed by atoms with Crippen LogP contribution in [0, 0.1) is 11.3 Å². The fourth-order valence-corrected chi connectivity index (χ4v) is 6.80. The summed E-state index contributed by atoms with van der Waals surface area (Å²) in [7, 11) is -3.16. The number of likely N-dealkylation sites (tertiary alicyclic amines) is 1. The van der Waals surface area contributed by atoms with E-state index in [0.717, 1.165) is 44.2 Å². The predicted molar refractivity (Wildman–Crippen MR) is 137 cm³/mol. The number of nitrogens with zero attached hydrogens (tertiary/aromatic N) is 4. The van der Waals surface area contributed by atoms with E-state index in [0.29, 0.717) is 43.5 Å². The van der Waals surface area contributed by atoms with Crippen molar-refractivity contribution in [3.8, 4) is 0 Å². The van der Waals surface area contributed by atoms with Gasteiger partial charge in [0.05, 0.1) is 18.6 Å². The molecule has 3 heterocycles. The Hall–Kier alpha value is -1.94. The fraction of sp³-hybridized carbons (Fsp3) is 0.600. The maximum Gasteiger partial charge on any atom is 0.239 e. The van der Waals surface area contributed by atoms with Crippen LogP contribution in [0.1, 0.15) is 37.7 Å². The van der Waals surface area contributed by atoms with Crippen molar-refractivity contribution in [2.45, 2.75) is 51.1 Å². The van der Waals surface area contributed by atoms with Crippen LogP contribution in [0.3, 0.4) is 0 Å². The first-order valence-corrected chi connectivity index (χ1v) is 14.6. The van der Waals surface area contributed by atoms with Crippen molar-refractivity contribution in [1.29, 1.82) is 0 Å². The highest BCUT2D eigenvalue weighted by atomic mass is 35.5. The van der Waals surface area contributed by atoms with Crippen molar-refractivity contribution in [1.82, 2.24) is 18.8 Å². The van der Waals surface area contributed by atoms with Crippen LogP contribution >= 0.6 is 11.6 Å². The van der Waals surface area contributed by atoms with Crippen LogP contribution in [0.5, 0.6) is 0 Å². The fourth-order valence-electron chi connectivity index (χ4n) is 5.80. The Morgan fingerprint density at radius 1 is 1.17 bits per heavy atom. The summed E-state index contributed by atoms with van der Waals surface area (Å²) in [6, 6.07) is 6.88. The molecule has 0 bridgehead atoms. The second-order valence-electron chi connectivity index (χ2n) is 10.1. The summed E-state index contributed by atoms with van der Waals surface area (Å²) in [5.41, 5.74) is 7.38. The highest BCUT2D eigenvalue weighted by Crippen LogP contribution is 2.47. The van der Waals surface area contributed by atoms with Gasteiger partial charge in [0, 0.05) is 50.1 Å². The van der Waals surface area contributed by atoms with Gasteiger partial charge in [-0.1, -0.05) is 23.7 Å². The number of carbonyl (C=O) groups excluding carboxylic acids is 1. The van der Waals surface area contributed by atoms with Gasteiger partial charge in [0.15, 0.2) is 0 Å². The molecule has 2 N–H and O–H groups in total. The first kappa shape index (κ1) is 26.1. The van der Waals surface area contributed by atoms with Gasteiger partial charge in [-0.2, -0.15) is 0 Å². The molecule has 1 atom stereocenters. The zero-order valence-electron chi connectivity index (χ0n) is 20.4. The number of aryl methyl sites for hydroxylation is 1. The van der Waals surface area contributed by atoms with E-state index in [4.69, 9.17) is 17.3 Å². The van der Waals surface area contributed by atoms with Gasteiger partial charge in [-0.15, -0.1) is 0 Å². The van der Waals surface area contributed by atoms with E-state index in [-0.39, 0.29) is 11.3 Å². The molecule has 2 aliphatic heterocycles. The molecule has 2 aromatic rings. The first-order valence-electron chi connectivity index (χ1n) is 12.4. The summed E-state index contributed by atoms with van der Waals surface area (Å²) in [5, 5.41) is 0.666. The van der Waals surface area contributed by atoms with E-state index in [1.54, 1.807) is 10.5 Å². The third kappa shape index (κ3) is 6.44. The molecule has 10 heteroatoms. The van der Waals surface area contributed by atoms with Gasteiger partial charge in [0.2, 0.25) is 15.9 Å². The summed E-state index contributed by atoms with van der Waals surface area (Å²) in [6.45, 7) is 3.39. The number of carbonyl (C=O) groups is 1. The molecular weight excluding hydrogens is 486 g/mol. The zero-order chi connectivity index (χ0) is 25.1. The van der Waals surface area contributed by atoms with Crippen LogP contribution in [0.4, 0.5) is 0 Å². The van der Waals surface area contributed by atoms with Gasteiger partial charge in [-0.05, 0) is 67.6 Å². The van der Waals surface area contributed by atoms with Crippen molar-refractivity contribution in [2.75, 3.05) is 32.4 Å². The third-order valence-corrected chi connectivity index (χ3v) is 9.53. The van der Waals surface area contributed by atoms with Gasteiger partial charge < -0.3 is 15.2 Å². The summed E-state index contributed by atoms with van der Waals surface area (Å²) >= 11 is 5.97. The van der Waals surface area contributed by atoms with Gasteiger partial charge in [-0.25, -0.2) is 17.7 Å². The second kappa shape index (κ2) is 11.0. The molecule has 2 saturated heterocycles. The molecule has 1 amide bonds. The number of hydrogen-bond acceptors (Lipinski definition) is 5. The van der Waals surface area contributed by atoms with Crippen LogP contribution in [0.2, 0.25) is 5.02 Å². The third-order valence-electron chi connectivity index (χ3n) is 7.97. The Morgan fingerprint density at radius 3 is 2.40 bits per heavy atom. The van der Waals surface area contributed by atoms with Crippen molar-refractivity contribution >= 4 is 27.5 Å². The van der Waals surface area contributed by atoms with Gasteiger partial charge in [-0.3, -0.25) is 4.79 Å². The number of halogens is 1. The molecular formula is C25H36ClN5O3S. The average molecular weight is 522 g/mol. The summed E-state index contributed by atoms with van der Waals surface area (Å²) in [4.78, 5) is 19.2. The number of piperidine rings is 2. The molecule has 0 radical (unpaired) electrons. The number of hydrogen-bond donors (Lipinski definition) is 1. The van der Waals surface area contributed by atoms with Crippen molar-refractivity contribution in [3.63, 3.8) is 0 Å². The van der Waals surface area contributed by atoms with Gasteiger partial charge >= 0.3 is 0 Å². The van der Waals surface area contributed by atoms with Crippen LogP contribution in [0.15, 0.2) is 43.0 Å². The Balaban J connectivity index is 1.40. The normalized spacial score (nSPS) is 20.6. The minimum Gasteiger partial charge on any atom is -0.341 e. The molecule has 1 unspecified atom stereocenters. The molecule has 192 valence electrons. The minimum absolute atomic E-state index is 0.00458. The van der Waals surface area contributed by atoms with Gasteiger partial charge in [0.25, 0.3) is 0 Å². The molecule has 35 heavy (non-hydrogen) atoms. The molecule has 4 rings (SSSR count). The number of sulfonamides is 1. The molecule has 0 saturated carbocycles. The number of benzene rings is 1. The highest BCUT2D eigenvalue weighted by molar-refractivity contribution is 7.88. The molecule has 2 fully saturated rings. The summed E-state index contributed by atoms with van der Waals surface area (Å²) in [5.74, 6) is 0.430. The largest absolute Gasteiger partial charge is 0.341 e. The molecule has 2 aliphatic rings. The first-order chi connectivity index (χ1) is 16.7. The topological polar surface area (TPSA) is 102 Å². The lowest BCUT2D eigenvalue weighted by molar-refractivity contribution is -0.136. The van der Waals surface area contributed by atoms with E-state index in [9.17, 15) is 13.2 Å². The maximum absolute atomic E-state index is 13.1. The lowest BCUT2D eigenvalue weighted by Gasteiger charge is -2.49. The minimum atomic E-state index is -3.16. The van der Waals surface area contributed by atoms with Crippen molar-refractivity contribution in [2.24, 2.45) is 17.1 Å². The average Bonchev–Trinajstić information content (AvgIpc) is 3.37. The van der Waals surface area contributed by atoms with Crippen molar-refractivity contribution < 1.29 is 13.2 Å². The van der Waals surface area contributed by atoms with E-state index >= 15 is 0 Å². The zero-order valence-corrected chi connectivity index (χ0v) is 21.9. The van der Waals surface area contributed by atoms with Crippen molar-refractivity contribution in [3.05, 3.63) is 53.6 Å². The smallest absolute Gasteiger partial charge is 0.239 e. The maximum atomic E-state index is 13.1. The Kier molecular flexibility index (Phi) is 8.20. The Bertz CT molecular complexity index is 1070. The number of rotatable bonds is 8. The van der Waals surface area contributed by atoms with E-state index < -0.39 is 16.1 Å². The molecule has 1 aromatic heterocycles. The number of amides is 1. The van der Waals surface area contributed by atoms with E-state index in [2.05, 4.69) is 9.55 Å². The Morgan fingerprint density at radius 2 is 1.83 bits per heavy atom. The molecule has 0 aliphatic carbocycles. The van der Waals surface area contributed by atoms with Crippen LogP contribution in [0.25, 0.3) is 0 Å². The van der Waals surface area contributed by atoms with E-state index in [1.165, 1.54) is 6.26 Å². The van der Waals surface area contributed by atoms with Crippen LogP contribution in [-0.2, 0) is 27.8 Å². The Labute approximate surface area is 213 Å². The lowest BCUT2D eigenvalue weighted by Crippen LogP contribution is -2.53. The van der Waals surface area contributed by atoms with E-state index in [1.807, 2.05) is 41.7 Å². The highest BCUT2D eigenvalue weighted by Gasteiger charge is 2.44. The quantitative estimate of drug-likeness (QED) is 0.575. The molecule has 0 spiro atoms. The number of nitrogens with two attached hydrogens (primary N) is 1. The van der Waals surface area contributed by atoms with Crippen LogP contribution in [-0.4, -0.2) is 71.6 Å². The monoisotopic (exact) mass is 521 g/mol. The number of aromatic nitrogens is 2. The van der Waals surface area contributed by atoms with Crippen LogP contribution < -0.4 is 5.73 Å². The second-order valence-corrected chi connectivity index (χ2v) is 12.5. The molecule has 8 nitrogen and oxygen atoms in total. The van der Waals surface area contributed by atoms with Gasteiger partial charge in [0.1, 0.15) is 0 Å². The lowest BCUT2D eigenvalue weighted by atomic mass is 9.63.